The van der Waals surface area contributed by atoms with E-state index in [2.05, 4.69) is 13.8 Å². The van der Waals surface area contributed by atoms with Crippen LogP contribution < -0.4 is 0 Å². The summed E-state index contributed by atoms with van der Waals surface area (Å²) in [4.78, 5) is 22.6. The molecular formula is C18H34O4. The van der Waals surface area contributed by atoms with Crippen LogP contribution in [-0.2, 0) is 9.59 Å². The molecule has 0 aliphatic carbocycles. The predicted octanol–water partition coefficient (Wildman–Crippen LogP) is 5.11. The summed E-state index contributed by atoms with van der Waals surface area (Å²) in [6, 6.07) is 0. The number of carboxylic acids is 2. The summed E-state index contributed by atoms with van der Waals surface area (Å²) in [5.74, 6) is -2.76. The normalized spacial score (nSPS) is 13.0. The Morgan fingerprint density at radius 2 is 1.32 bits per heavy atom. The zero-order valence-corrected chi connectivity index (χ0v) is 14.6. The van der Waals surface area contributed by atoms with Crippen LogP contribution in [0.15, 0.2) is 0 Å². The molecule has 0 radical (unpaired) electrons. The van der Waals surface area contributed by atoms with Crippen molar-refractivity contribution >= 4 is 11.9 Å². The maximum Gasteiger partial charge on any atom is 0.307 e. The van der Waals surface area contributed by atoms with Gasteiger partial charge in [0.05, 0.1) is 12.3 Å². The van der Waals surface area contributed by atoms with Gasteiger partial charge in [-0.2, -0.15) is 0 Å². The number of unbranched alkanes of at least 4 members (excludes halogenated alkanes) is 6. The van der Waals surface area contributed by atoms with Crippen LogP contribution in [0.5, 0.6) is 0 Å². The number of carboxylic acid groups (broad SMARTS) is 2. The van der Waals surface area contributed by atoms with Crippen LogP contribution in [0.4, 0.5) is 0 Å². The van der Waals surface area contributed by atoms with E-state index < -0.39 is 23.3 Å². The van der Waals surface area contributed by atoms with Gasteiger partial charge in [0, 0.05) is 0 Å². The van der Waals surface area contributed by atoms with Gasteiger partial charge < -0.3 is 10.2 Å². The average molecular weight is 314 g/mol. The van der Waals surface area contributed by atoms with Gasteiger partial charge in [0.25, 0.3) is 0 Å². The van der Waals surface area contributed by atoms with Crippen LogP contribution in [0.2, 0.25) is 0 Å². The van der Waals surface area contributed by atoms with Crippen molar-refractivity contribution in [3.8, 4) is 0 Å². The van der Waals surface area contributed by atoms with Crippen LogP contribution in [0.3, 0.4) is 0 Å². The van der Waals surface area contributed by atoms with Gasteiger partial charge in [0.2, 0.25) is 0 Å². The van der Waals surface area contributed by atoms with Crippen LogP contribution in [0.25, 0.3) is 0 Å². The summed E-state index contributed by atoms with van der Waals surface area (Å²) in [7, 11) is 0. The van der Waals surface area contributed by atoms with Gasteiger partial charge in [-0.1, -0.05) is 72.1 Å². The zero-order chi connectivity index (χ0) is 17.0. The molecule has 0 saturated carbocycles. The topological polar surface area (TPSA) is 74.6 Å². The molecule has 130 valence electrons. The summed E-state index contributed by atoms with van der Waals surface area (Å²) < 4.78 is 0. The van der Waals surface area contributed by atoms with Crippen molar-refractivity contribution in [1.29, 1.82) is 0 Å². The number of hydrogen-bond donors (Lipinski definition) is 2. The molecule has 2 N–H and O–H groups in total. The Hall–Kier alpha value is -1.06. The SMILES string of the molecule is CCCCCCC(C)(CCCCCC)C(CC(=O)O)C(=O)O. The Bertz CT molecular complexity index is 313. The largest absolute Gasteiger partial charge is 0.481 e. The number of carbonyl (C=O) groups is 2. The quantitative estimate of drug-likeness (QED) is 0.437. The highest BCUT2D eigenvalue weighted by atomic mass is 16.4. The van der Waals surface area contributed by atoms with E-state index in [9.17, 15) is 14.7 Å². The molecule has 0 aliphatic rings. The van der Waals surface area contributed by atoms with Crippen molar-refractivity contribution in [1.82, 2.24) is 0 Å². The first-order valence-corrected chi connectivity index (χ1v) is 8.82. The summed E-state index contributed by atoms with van der Waals surface area (Å²) in [5.41, 5.74) is -0.411. The zero-order valence-electron chi connectivity index (χ0n) is 14.6. The van der Waals surface area contributed by atoms with Crippen molar-refractivity contribution < 1.29 is 19.8 Å². The highest BCUT2D eigenvalue weighted by molar-refractivity contribution is 5.78. The van der Waals surface area contributed by atoms with E-state index in [0.29, 0.717) is 0 Å². The van der Waals surface area contributed by atoms with Crippen molar-refractivity contribution in [3.05, 3.63) is 0 Å². The summed E-state index contributed by atoms with van der Waals surface area (Å²) >= 11 is 0. The number of aliphatic carboxylic acids is 2. The molecule has 0 spiro atoms. The first kappa shape index (κ1) is 20.9. The molecule has 4 nitrogen and oxygen atoms in total. The van der Waals surface area contributed by atoms with Crippen molar-refractivity contribution in [2.75, 3.05) is 0 Å². The molecule has 1 unspecified atom stereocenters. The lowest BCUT2D eigenvalue weighted by Gasteiger charge is -2.35. The van der Waals surface area contributed by atoms with Crippen LogP contribution in [0.1, 0.15) is 91.4 Å². The van der Waals surface area contributed by atoms with Crippen molar-refractivity contribution in [3.63, 3.8) is 0 Å². The summed E-state index contributed by atoms with van der Waals surface area (Å²) in [6.45, 7) is 6.27. The van der Waals surface area contributed by atoms with E-state index in [1.807, 2.05) is 6.92 Å². The second-order valence-electron chi connectivity index (χ2n) is 6.76. The second kappa shape index (κ2) is 11.5. The fourth-order valence-electron chi connectivity index (χ4n) is 3.19. The minimum Gasteiger partial charge on any atom is -0.481 e. The Morgan fingerprint density at radius 3 is 1.64 bits per heavy atom. The molecule has 0 bridgehead atoms. The van der Waals surface area contributed by atoms with Gasteiger partial charge in [-0.25, -0.2) is 0 Å². The molecule has 0 aromatic carbocycles. The van der Waals surface area contributed by atoms with Gasteiger partial charge in [0.15, 0.2) is 0 Å². The molecule has 4 heteroatoms. The minimum atomic E-state index is -1.01. The van der Waals surface area contributed by atoms with Gasteiger partial charge in [-0.15, -0.1) is 0 Å². The molecule has 0 aromatic heterocycles. The third kappa shape index (κ3) is 8.40. The third-order valence-corrected chi connectivity index (χ3v) is 4.72. The molecule has 22 heavy (non-hydrogen) atoms. The third-order valence-electron chi connectivity index (χ3n) is 4.72. The lowest BCUT2D eigenvalue weighted by atomic mass is 9.68. The Morgan fingerprint density at radius 1 is 0.864 bits per heavy atom. The molecule has 0 amide bonds. The second-order valence-corrected chi connectivity index (χ2v) is 6.76. The van der Waals surface area contributed by atoms with E-state index in [1.54, 1.807) is 0 Å². The molecule has 1 atom stereocenters. The summed E-state index contributed by atoms with van der Waals surface area (Å²) in [6.07, 6.45) is 10.1. The molecule has 0 fully saturated rings. The van der Waals surface area contributed by atoms with Crippen molar-refractivity contribution in [2.24, 2.45) is 11.3 Å². The maximum atomic E-state index is 11.6. The Balaban J connectivity index is 4.83. The number of hydrogen-bond acceptors (Lipinski definition) is 2. The minimum absolute atomic E-state index is 0.270. The van der Waals surface area contributed by atoms with Gasteiger partial charge in [-0.05, 0) is 18.3 Å². The van der Waals surface area contributed by atoms with Crippen molar-refractivity contribution in [2.45, 2.75) is 91.4 Å². The Kier molecular flexibility index (Phi) is 10.9. The van der Waals surface area contributed by atoms with Crippen LogP contribution >= 0.6 is 0 Å². The van der Waals surface area contributed by atoms with E-state index in [4.69, 9.17) is 5.11 Å². The highest BCUT2D eigenvalue weighted by Gasteiger charge is 2.39. The van der Waals surface area contributed by atoms with E-state index in [-0.39, 0.29) is 6.42 Å². The standard InChI is InChI=1S/C18H34O4/c1-4-6-8-10-12-18(3,13-11-9-7-5-2)15(17(21)22)14-16(19)20/h15H,4-14H2,1-3H3,(H,19,20)(H,21,22). The van der Waals surface area contributed by atoms with Gasteiger partial charge >= 0.3 is 11.9 Å². The smallest absolute Gasteiger partial charge is 0.307 e. The monoisotopic (exact) mass is 314 g/mol. The lowest BCUT2D eigenvalue weighted by molar-refractivity contribution is -0.153. The van der Waals surface area contributed by atoms with E-state index in [1.165, 1.54) is 0 Å². The molecule has 0 aromatic rings. The average Bonchev–Trinajstić information content (AvgIpc) is 2.45. The Labute approximate surface area is 135 Å². The van der Waals surface area contributed by atoms with Gasteiger partial charge in [0.1, 0.15) is 0 Å². The van der Waals surface area contributed by atoms with Gasteiger partial charge in [-0.3, -0.25) is 9.59 Å². The first-order valence-electron chi connectivity index (χ1n) is 8.82. The molecule has 0 saturated heterocycles. The maximum absolute atomic E-state index is 11.6. The fourth-order valence-corrected chi connectivity index (χ4v) is 3.19. The van der Waals surface area contributed by atoms with E-state index in [0.717, 1.165) is 64.2 Å². The highest BCUT2D eigenvalue weighted by Crippen LogP contribution is 2.40. The van der Waals surface area contributed by atoms with Crippen LogP contribution in [0, 0.1) is 11.3 Å². The van der Waals surface area contributed by atoms with E-state index >= 15 is 0 Å². The lowest BCUT2D eigenvalue weighted by Crippen LogP contribution is -2.35. The first-order chi connectivity index (χ1) is 10.4. The number of rotatable bonds is 14. The molecule has 0 aliphatic heterocycles. The predicted molar refractivity (Wildman–Crippen MR) is 89.0 cm³/mol. The molecular weight excluding hydrogens is 280 g/mol. The molecule has 0 heterocycles. The molecule has 0 rings (SSSR count). The van der Waals surface area contributed by atoms with Crippen LogP contribution in [-0.4, -0.2) is 22.2 Å². The summed E-state index contributed by atoms with van der Waals surface area (Å²) in [5, 5.41) is 18.6. The fraction of sp³-hybridized carbons (Fsp3) is 0.889.